The summed E-state index contributed by atoms with van der Waals surface area (Å²) in [5, 5.41) is 0. The summed E-state index contributed by atoms with van der Waals surface area (Å²) < 4.78 is 7.54. The molecule has 1 saturated heterocycles. The molecule has 2 heterocycles. The second kappa shape index (κ2) is 10.5. The third-order valence-corrected chi connectivity index (χ3v) is 6.75. The zero-order valence-electron chi connectivity index (χ0n) is 21.5. The third kappa shape index (κ3) is 4.94. The number of amides is 2. The van der Waals surface area contributed by atoms with E-state index in [9.17, 15) is 9.59 Å². The molecule has 0 aliphatic carbocycles. The normalized spacial score (nSPS) is 15.5. The maximum Gasteiger partial charge on any atom is 0.247 e. The quantitative estimate of drug-likeness (QED) is 0.328. The highest BCUT2D eigenvalue weighted by Gasteiger charge is 2.35. The molecule has 4 aromatic rings. The van der Waals surface area contributed by atoms with Crippen LogP contribution in [0.4, 0.5) is 11.4 Å². The lowest BCUT2D eigenvalue weighted by Crippen LogP contribution is -2.39. The number of benzene rings is 3. The van der Waals surface area contributed by atoms with Crippen LogP contribution in [0.25, 0.3) is 11.0 Å². The molecule has 1 aromatic heterocycles. The number of anilines is 2. The van der Waals surface area contributed by atoms with Gasteiger partial charge in [0, 0.05) is 36.3 Å². The van der Waals surface area contributed by atoms with Crippen molar-refractivity contribution in [2.75, 3.05) is 23.0 Å². The molecule has 3 aromatic carbocycles. The van der Waals surface area contributed by atoms with Crippen LogP contribution in [0.1, 0.15) is 38.9 Å². The van der Waals surface area contributed by atoms with Crippen LogP contribution in [0, 0.1) is 0 Å². The van der Waals surface area contributed by atoms with E-state index in [1.807, 2.05) is 109 Å². The van der Waals surface area contributed by atoms with E-state index < -0.39 is 0 Å². The van der Waals surface area contributed by atoms with Crippen molar-refractivity contribution in [3.63, 3.8) is 0 Å². The summed E-state index contributed by atoms with van der Waals surface area (Å²) in [6.07, 6.45) is 0.345. The lowest BCUT2D eigenvalue weighted by Gasteiger charge is -2.27. The molecule has 0 N–H and O–H groups in total. The van der Waals surface area contributed by atoms with Crippen LogP contribution in [0.2, 0.25) is 0 Å². The fraction of sp³-hybridized carbons (Fsp3) is 0.300. The molecule has 37 heavy (non-hydrogen) atoms. The number of carbonyl (C=O) groups is 2. The van der Waals surface area contributed by atoms with Gasteiger partial charge in [0.2, 0.25) is 11.8 Å². The molecule has 7 heteroatoms. The van der Waals surface area contributed by atoms with E-state index in [0.717, 1.165) is 34.0 Å². The van der Waals surface area contributed by atoms with Crippen molar-refractivity contribution in [3.05, 3.63) is 84.7 Å². The van der Waals surface area contributed by atoms with Crippen LogP contribution in [0.3, 0.4) is 0 Å². The number of hydrogen-bond donors (Lipinski definition) is 0. The molecule has 5 rings (SSSR count). The standard InChI is InChI=1S/C30H32N4O3/c1-4-37-25-16-14-23(15-17-25)32-19-22(18-28(32)35)30-31-26-12-8-9-13-27(26)33(30)20-29(36)34(21(2)3)24-10-6-5-7-11-24/h5-17,21-22H,4,18-20H2,1-3H3/t22-/m0/s1. The number of rotatable bonds is 8. The van der Waals surface area contributed by atoms with Gasteiger partial charge in [0.25, 0.3) is 0 Å². The SMILES string of the molecule is CCOc1ccc(N2C[C@@H](c3nc4ccccc4n3CC(=O)N(c3ccccc3)C(C)C)CC2=O)cc1. The predicted molar refractivity (Wildman–Crippen MR) is 146 cm³/mol. The maximum atomic E-state index is 13.7. The van der Waals surface area contributed by atoms with Gasteiger partial charge in [-0.2, -0.15) is 0 Å². The Morgan fingerprint density at radius 3 is 2.43 bits per heavy atom. The minimum absolute atomic E-state index is 0.00338. The minimum atomic E-state index is -0.122. The van der Waals surface area contributed by atoms with Gasteiger partial charge in [-0.25, -0.2) is 4.98 Å². The topological polar surface area (TPSA) is 67.7 Å². The Balaban J connectivity index is 1.45. The number of para-hydroxylation sites is 3. The largest absolute Gasteiger partial charge is 0.494 e. The molecular formula is C30H32N4O3. The number of hydrogen-bond acceptors (Lipinski definition) is 4. The highest BCUT2D eigenvalue weighted by Crippen LogP contribution is 2.34. The van der Waals surface area contributed by atoms with E-state index in [4.69, 9.17) is 9.72 Å². The van der Waals surface area contributed by atoms with E-state index in [1.165, 1.54) is 0 Å². The third-order valence-electron chi connectivity index (χ3n) is 6.75. The molecule has 1 atom stereocenters. The summed E-state index contributed by atoms with van der Waals surface area (Å²) in [5.41, 5.74) is 3.43. The number of fused-ring (bicyclic) bond motifs is 1. The van der Waals surface area contributed by atoms with Gasteiger partial charge in [-0.15, -0.1) is 0 Å². The summed E-state index contributed by atoms with van der Waals surface area (Å²) in [4.78, 5) is 35.3. The first-order valence-electron chi connectivity index (χ1n) is 12.8. The smallest absolute Gasteiger partial charge is 0.247 e. The van der Waals surface area contributed by atoms with Gasteiger partial charge >= 0.3 is 0 Å². The van der Waals surface area contributed by atoms with Gasteiger partial charge in [0.1, 0.15) is 18.1 Å². The Kier molecular flexibility index (Phi) is 6.95. The summed E-state index contributed by atoms with van der Waals surface area (Å²) in [6, 6.07) is 25.2. The lowest BCUT2D eigenvalue weighted by molar-refractivity contribution is -0.119. The van der Waals surface area contributed by atoms with E-state index in [-0.39, 0.29) is 30.3 Å². The predicted octanol–water partition coefficient (Wildman–Crippen LogP) is 5.40. The van der Waals surface area contributed by atoms with Crippen LogP contribution >= 0.6 is 0 Å². The summed E-state index contributed by atoms with van der Waals surface area (Å²) in [7, 11) is 0. The summed E-state index contributed by atoms with van der Waals surface area (Å²) >= 11 is 0. The Hall–Kier alpha value is -4.13. The van der Waals surface area contributed by atoms with Crippen molar-refractivity contribution in [1.29, 1.82) is 0 Å². The average Bonchev–Trinajstić information content (AvgIpc) is 3.46. The highest BCUT2D eigenvalue weighted by molar-refractivity contribution is 5.97. The monoisotopic (exact) mass is 496 g/mol. The lowest BCUT2D eigenvalue weighted by atomic mass is 10.1. The van der Waals surface area contributed by atoms with Crippen molar-refractivity contribution >= 4 is 34.2 Å². The van der Waals surface area contributed by atoms with E-state index in [2.05, 4.69) is 0 Å². The molecule has 7 nitrogen and oxygen atoms in total. The van der Waals surface area contributed by atoms with Crippen LogP contribution in [0.15, 0.2) is 78.9 Å². The van der Waals surface area contributed by atoms with Gasteiger partial charge in [0.15, 0.2) is 0 Å². The Morgan fingerprint density at radius 2 is 1.73 bits per heavy atom. The number of ether oxygens (including phenoxy) is 1. The molecule has 0 unspecified atom stereocenters. The number of aromatic nitrogens is 2. The molecule has 2 amide bonds. The zero-order chi connectivity index (χ0) is 25.9. The fourth-order valence-electron chi connectivity index (χ4n) is 5.12. The van der Waals surface area contributed by atoms with Gasteiger partial charge in [-0.1, -0.05) is 30.3 Å². The molecular weight excluding hydrogens is 464 g/mol. The van der Waals surface area contributed by atoms with Crippen molar-refractivity contribution in [3.8, 4) is 5.75 Å². The van der Waals surface area contributed by atoms with E-state index in [1.54, 1.807) is 4.90 Å². The molecule has 1 aliphatic heterocycles. The molecule has 1 aliphatic rings. The van der Waals surface area contributed by atoms with Crippen LogP contribution in [0.5, 0.6) is 5.75 Å². The second-order valence-electron chi connectivity index (χ2n) is 9.57. The van der Waals surface area contributed by atoms with Gasteiger partial charge in [-0.05, 0) is 69.3 Å². The zero-order valence-corrected chi connectivity index (χ0v) is 21.5. The van der Waals surface area contributed by atoms with Crippen LogP contribution in [-0.4, -0.2) is 40.6 Å². The Bertz CT molecular complexity index is 1400. The molecule has 0 bridgehead atoms. The number of imidazole rings is 1. The minimum Gasteiger partial charge on any atom is -0.494 e. The first kappa shape index (κ1) is 24.6. The highest BCUT2D eigenvalue weighted by atomic mass is 16.5. The van der Waals surface area contributed by atoms with Crippen LogP contribution < -0.4 is 14.5 Å². The number of carbonyl (C=O) groups excluding carboxylic acids is 2. The maximum absolute atomic E-state index is 13.7. The van der Waals surface area contributed by atoms with Gasteiger partial charge in [-0.3, -0.25) is 9.59 Å². The van der Waals surface area contributed by atoms with Crippen molar-refractivity contribution in [1.82, 2.24) is 9.55 Å². The molecule has 0 spiro atoms. The molecule has 0 radical (unpaired) electrons. The Labute approximate surface area is 217 Å². The van der Waals surface area contributed by atoms with E-state index in [0.29, 0.717) is 19.6 Å². The molecule has 190 valence electrons. The van der Waals surface area contributed by atoms with Gasteiger partial charge < -0.3 is 19.1 Å². The van der Waals surface area contributed by atoms with E-state index >= 15 is 0 Å². The first-order chi connectivity index (χ1) is 18.0. The summed E-state index contributed by atoms with van der Waals surface area (Å²) in [5.74, 6) is 1.46. The first-order valence-corrected chi connectivity index (χ1v) is 12.8. The molecule has 1 fully saturated rings. The van der Waals surface area contributed by atoms with Crippen molar-refractivity contribution in [2.24, 2.45) is 0 Å². The Morgan fingerprint density at radius 1 is 1.03 bits per heavy atom. The number of nitrogens with zero attached hydrogens (tertiary/aromatic N) is 4. The fourth-order valence-corrected chi connectivity index (χ4v) is 5.12. The molecule has 0 saturated carbocycles. The van der Waals surface area contributed by atoms with Crippen molar-refractivity contribution in [2.45, 2.75) is 45.7 Å². The second-order valence-corrected chi connectivity index (χ2v) is 9.57. The van der Waals surface area contributed by atoms with Gasteiger partial charge in [0.05, 0.1) is 17.6 Å². The van der Waals surface area contributed by atoms with Crippen molar-refractivity contribution < 1.29 is 14.3 Å². The average molecular weight is 497 g/mol. The summed E-state index contributed by atoms with van der Waals surface area (Å²) in [6.45, 7) is 7.23. The van der Waals surface area contributed by atoms with Crippen LogP contribution in [-0.2, 0) is 16.1 Å².